The van der Waals surface area contributed by atoms with Gasteiger partial charge in [-0.1, -0.05) is 0 Å². The van der Waals surface area contributed by atoms with Crippen LogP contribution in [0.5, 0.6) is 11.6 Å². The first-order valence-electron chi connectivity index (χ1n) is 9.84. The zero-order valence-electron chi connectivity index (χ0n) is 18.0. The molecule has 4 aromatic rings. The molecule has 0 saturated heterocycles. The molecule has 4 rings (SSSR count). The van der Waals surface area contributed by atoms with Gasteiger partial charge in [0.1, 0.15) is 18.7 Å². The van der Waals surface area contributed by atoms with Crippen molar-refractivity contribution in [3.8, 4) is 28.8 Å². The third-order valence-corrected chi connectivity index (χ3v) is 4.56. The summed E-state index contributed by atoms with van der Waals surface area (Å²) in [6, 6.07) is 8.89. The van der Waals surface area contributed by atoms with Crippen LogP contribution in [0, 0.1) is 16.7 Å². The highest BCUT2D eigenvalue weighted by molar-refractivity contribution is 5.75. The molecule has 0 aromatic carbocycles. The molecule has 0 aliphatic rings. The number of nitriles is 1. The predicted octanol–water partition coefficient (Wildman–Crippen LogP) is 3.80. The number of hydrogen-bond acceptors (Lipinski definition) is 8. The highest BCUT2D eigenvalue weighted by Gasteiger charge is 2.20. The van der Waals surface area contributed by atoms with Crippen molar-refractivity contribution in [1.82, 2.24) is 29.4 Å². The van der Waals surface area contributed by atoms with Crippen LogP contribution >= 0.6 is 0 Å². The molecule has 0 aliphatic carbocycles. The lowest BCUT2D eigenvalue weighted by Gasteiger charge is -2.18. The fourth-order valence-electron chi connectivity index (χ4n) is 2.94. The number of rotatable bonds is 8. The number of pyridine rings is 2. The fourth-order valence-corrected chi connectivity index (χ4v) is 2.94. The van der Waals surface area contributed by atoms with Gasteiger partial charge in [0.15, 0.2) is 5.82 Å². The first kappa shape index (κ1) is 21.9. The molecule has 0 saturated carbocycles. The Morgan fingerprint density at radius 2 is 2.03 bits per heavy atom. The Bertz CT molecular complexity index is 1330. The summed E-state index contributed by atoms with van der Waals surface area (Å²) in [5, 5.41) is 20.9. The SMILES string of the molecule is Cn1cnc(Nc2cc3cc(-c4cc(OC(F)F)ncc4OCC(C)(C)C#N)ccn3n2)n1. The van der Waals surface area contributed by atoms with E-state index in [1.165, 1.54) is 12.3 Å². The van der Waals surface area contributed by atoms with E-state index in [4.69, 9.17) is 4.74 Å². The highest BCUT2D eigenvalue weighted by Crippen LogP contribution is 2.34. The second-order valence-corrected chi connectivity index (χ2v) is 7.86. The van der Waals surface area contributed by atoms with Gasteiger partial charge in [-0.25, -0.2) is 14.5 Å². The van der Waals surface area contributed by atoms with Gasteiger partial charge in [0.25, 0.3) is 0 Å². The molecule has 0 radical (unpaired) electrons. The van der Waals surface area contributed by atoms with E-state index in [1.54, 1.807) is 54.7 Å². The van der Waals surface area contributed by atoms with Gasteiger partial charge in [-0.15, -0.1) is 5.10 Å². The Labute approximate surface area is 187 Å². The summed E-state index contributed by atoms with van der Waals surface area (Å²) in [7, 11) is 1.76. The average molecular weight is 454 g/mol. The van der Waals surface area contributed by atoms with E-state index >= 15 is 0 Å². The zero-order valence-corrected chi connectivity index (χ0v) is 18.0. The minimum Gasteiger partial charge on any atom is -0.490 e. The maximum Gasteiger partial charge on any atom is 0.388 e. The van der Waals surface area contributed by atoms with E-state index in [0.29, 0.717) is 28.6 Å². The Balaban J connectivity index is 1.68. The first-order valence-corrected chi connectivity index (χ1v) is 9.84. The van der Waals surface area contributed by atoms with Gasteiger partial charge in [0.05, 0.1) is 23.2 Å². The maximum atomic E-state index is 12.7. The van der Waals surface area contributed by atoms with Gasteiger partial charge in [-0.3, -0.25) is 4.68 Å². The van der Waals surface area contributed by atoms with Crippen LogP contribution in [0.1, 0.15) is 13.8 Å². The number of anilines is 2. The van der Waals surface area contributed by atoms with Gasteiger partial charge >= 0.3 is 6.61 Å². The van der Waals surface area contributed by atoms with Crippen LogP contribution in [-0.2, 0) is 7.05 Å². The summed E-state index contributed by atoms with van der Waals surface area (Å²) in [4.78, 5) is 8.00. The molecular weight excluding hydrogens is 434 g/mol. The molecule has 0 amide bonds. The summed E-state index contributed by atoms with van der Waals surface area (Å²) in [6.45, 7) is 0.545. The molecular formula is C21H20F2N8O2. The van der Waals surface area contributed by atoms with Crippen molar-refractivity contribution in [2.75, 3.05) is 11.9 Å². The molecule has 170 valence electrons. The van der Waals surface area contributed by atoms with Crippen LogP contribution in [0.3, 0.4) is 0 Å². The van der Waals surface area contributed by atoms with Crippen molar-refractivity contribution in [3.63, 3.8) is 0 Å². The molecule has 0 atom stereocenters. The fraction of sp³-hybridized carbons (Fsp3) is 0.286. The third-order valence-electron chi connectivity index (χ3n) is 4.56. The Morgan fingerprint density at radius 1 is 1.21 bits per heavy atom. The lowest BCUT2D eigenvalue weighted by Crippen LogP contribution is -2.19. The van der Waals surface area contributed by atoms with Gasteiger partial charge in [0.2, 0.25) is 11.8 Å². The van der Waals surface area contributed by atoms with E-state index in [9.17, 15) is 14.0 Å². The number of halogens is 2. The van der Waals surface area contributed by atoms with Crippen LogP contribution in [0.25, 0.3) is 16.6 Å². The van der Waals surface area contributed by atoms with Crippen LogP contribution in [0.2, 0.25) is 0 Å². The smallest absolute Gasteiger partial charge is 0.388 e. The normalized spacial score (nSPS) is 11.5. The number of nitrogens with zero attached hydrogens (tertiary/aromatic N) is 7. The van der Waals surface area contributed by atoms with Crippen LogP contribution < -0.4 is 14.8 Å². The largest absolute Gasteiger partial charge is 0.490 e. The molecule has 0 spiro atoms. The van der Waals surface area contributed by atoms with E-state index in [2.05, 4.69) is 36.3 Å². The van der Waals surface area contributed by atoms with Crippen LogP contribution in [-0.4, -0.2) is 42.6 Å². The van der Waals surface area contributed by atoms with E-state index in [-0.39, 0.29) is 12.5 Å². The lowest BCUT2D eigenvalue weighted by molar-refractivity contribution is -0.0528. The number of hydrogen-bond donors (Lipinski definition) is 1. The monoisotopic (exact) mass is 454 g/mol. The van der Waals surface area contributed by atoms with Crippen molar-refractivity contribution in [3.05, 3.63) is 43.0 Å². The second-order valence-electron chi connectivity index (χ2n) is 7.86. The number of ether oxygens (including phenoxy) is 2. The van der Waals surface area contributed by atoms with E-state index < -0.39 is 12.0 Å². The summed E-state index contributed by atoms with van der Waals surface area (Å²) < 4.78 is 39.0. The molecule has 4 heterocycles. The minimum atomic E-state index is -3.01. The Morgan fingerprint density at radius 3 is 2.73 bits per heavy atom. The van der Waals surface area contributed by atoms with Gasteiger partial charge in [0, 0.05) is 30.9 Å². The van der Waals surface area contributed by atoms with Crippen molar-refractivity contribution >= 4 is 17.3 Å². The Hall–Kier alpha value is -4.27. The van der Waals surface area contributed by atoms with E-state index in [0.717, 1.165) is 5.52 Å². The van der Waals surface area contributed by atoms with E-state index in [1.807, 2.05) is 6.07 Å². The summed E-state index contributed by atoms with van der Waals surface area (Å²) in [6.07, 6.45) is 4.59. The molecule has 4 aromatic heterocycles. The number of fused-ring (bicyclic) bond motifs is 1. The van der Waals surface area contributed by atoms with Crippen molar-refractivity contribution < 1.29 is 18.3 Å². The molecule has 33 heavy (non-hydrogen) atoms. The molecule has 0 unspecified atom stereocenters. The second kappa shape index (κ2) is 8.70. The third kappa shape index (κ3) is 5.15. The average Bonchev–Trinajstić information content (AvgIpc) is 3.37. The van der Waals surface area contributed by atoms with Crippen molar-refractivity contribution in [2.24, 2.45) is 12.5 Å². The summed E-state index contributed by atoms with van der Waals surface area (Å²) >= 11 is 0. The molecule has 10 nitrogen and oxygen atoms in total. The van der Waals surface area contributed by atoms with Crippen LogP contribution in [0.4, 0.5) is 20.5 Å². The quantitative estimate of drug-likeness (QED) is 0.428. The topological polar surface area (TPSA) is 115 Å². The molecule has 0 aliphatic heterocycles. The summed E-state index contributed by atoms with van der Waals surface area (Å²) in [5.41, 5.74) is 1.13. The highest BCUT2D eigenvalue weighted by atomic mass is 19.3. The molecule has 1 N–H and O–H groups in total. The summed E-state index contributed by atoms with van der Waals surface area (Å²) in [5.74, 6) is 1.02. The molecule has 12 heteroatoms. The van der Waals surface area contributed by atoms with Gasteiger partial charge in [-0.2, -0.15) is 19.1 Å². The molecule has 0 bridgehead atoms. The predicted molar refractivity (Wildman–Crippen MR) is 114 cm³/mol. The lowest BCUT2D eigenvalue weighted by atomic mass is 9.97. The number of alkyl halides is 2. The first-order chi connectivity index (χ1) is 15.7. The maximum absolute atomic E-state index is 12.7. The van der Waals surface area contributed by atoms with Crippen molar-refractivity contribution in [2.45, 2.75) is 20.5 Å². The van der Waals surface area contributed by atoms with Gasteiger partial charge < -0.3 is 14.8 Å². The molecule has 0 fully saturated rings. The standard InChI is InChI=1S/C21H20F2N8O2/c1-21(2,10-24)11-32-16-9-25-18(33-19(22)23)8-15(16)13-4-5-31-14(6-13)7-17(28-31)27-20-26-12-30(3)29-20/h4-9,12,19H,11H2,1-3H3,(H,27,28,29). The number of aromatic nitrogens is 6. The minimum absolute atomic E-state index is 0.0906. The van der Waals surface area contributed by atoms with Crippen molar-refractivity contribution in [1.29, 1.82) is 5.26 Å². The Kier molecular flexibility index (Phi) is 5.78. The number of nitrogens with one attached hydrogen (secondary N) is 1. The van der Waals surface area contributed by atoms with Gasteiger partial charge in [-0.05, 0) is 31.5 Å². The van der Waals surface area contributed by atoms with Crippen LogP contribution in [0.15, 0.2) is 43.0 Å². The zero-order chi connectivity index (χ0) is 23.6. The number of aryl methyl sites for hydroxylation is 1.